The van der Waals surface area contributed by atoms with Crippen LogP contribution in [0.25, 0.3) is 10.6 Å². The summed E-state index contributed by atoms with van der Waals surface area (Å²) in [4.78, 5) is 18.6. The third-order valence-corrected chi connectivity index (χ3v) is 5.55. The second kappa shape index (κ2) is 8.45. The molecule has 0 unspecified atom stereocenters. The molecule has 1 aromatic carbocycles. The molecule has 2 aromatic heterocycles. The summed E-state index contributed by atoms with van der Waals surface area (Å²) in [7, 11) is 0. The van der Waals surface area contributed by atoms with Crippen molar-refractivity contribution in [3.63, 3.8) is 0 Å². The monoisotopic (exact) mass is 380 g/mol. The summed E-state index contributed by atoms with van der Waals surface area (Å²) in [6.45, 7) is 7.69. The highest BCUT2D eigenvalue weighted by atomic mass is 32.1. The molecule has 6 nitrogen and oxygen atoms in total. The van der Waals surface area contributed by atoms with Crippen molar-refractivity contribution in [2.24, 2.45) is 0 Å². The van der Waals surface area contributed by atoms with Gasteiger partial charge in [-0.1, -0.05) is 30.3 Å². The van der Waals surface area contributed by atoms with Gasteiger partial charge in [-0.2, -0.15) is 4.98 Å². The van der Waals surface area contributed by atoms with Crippen molar-refractivity contribution < 1.29 is 0 Å². The lowest BCUT2D eigenvalue weighted by Gasteiger charge is -2.34. The van der Waals surface area contributed by atoms with E-state index < -0.39 is 0 Å². The average molecular weight is 381 g/mol. The van der Waals surface area contributed by atoms with Gasteiger partial charge in [0.25, 0.3) is 0 Å². The molecule has 0 aliphatic carbocycles. The third kappa shape index (κ3) is 4.43. The zero-order chi connectivity index (χ0) is 18.5. The summed E-state index contributed by atoms with van der Waals surface area (Å²) in [5, 5.41) is 6.52. The van der Waals surface area contributed by atoms with Gasteiger partial charge in [-0.25, -0.2) is 9.97 Å². The molecule has 0 atom stereocenters. The molecular formula is C20H24N6S. The number of nitrogens with one attached hydrogen (secondary N) is 1. The van der Waals surface area contributed by atoms with Gasteiger partial charge < -0.3 is 10.2 Å². The van der Waals surface area contributed by atoms with Crippen molar-refractivity contribution in [1.29, 1.82) is 0 Å². The van der Waals surface area contributed by atoms with Crippen molar-refractivity contribution >= 4 is 23.1 Å². The number of nitrogens with zero attached hydrogens (tertiary/aromatic N) is 5. The van der Waals surface area contributed by atoms with E-state index in [1.165, 1.54) is 5.56 Å². The Bertz CT molecular complexity index is 858. The predicted octanol–water partition coefficient (Wildman–Crippen LogP) is 3.35. The molecule has 4 rings (SSSR count). The minimum Gasteiger partial charge on any atom is -0.370 e. The van der Waals surface area contributed by atoms with E-state index in [0.29, 0.717) is 0 Å². The molecule has 1 aliphatic rings. The third-order valence-electron chi connectivity index (χ3n) is 4.61. The highest BCUT2D eigenvalue weighted by molar-refractivity contribution is 7.13. The molecule has 140 valence electrons. The van der Waals surface area contributed by atoms with Gasteiger partial charge in [0, 0.05) is 56.4 Å². The summed E-state index contributed by atoms with van der Waals surface area (Å²) >= 11 is 1.72. The number of piperazine rings is 1. The lowest BCUT2D eigenvalue weighted by molar-refractivity contribution is 0.246. The molecule has 1 aliphatic heterocycles. The Labute approximate surface area is 163 Å². The summed E-state index contributed by atoms with van der Waals surface area (Å²) in [6, 6.07) is 12.3. The standard InChI is InChI=1S/C20H24N6S/c1-2-21-18-8-9-22-20(24-18)26-12-10-25(11-13-26)14-17-15-27-19(23-17)16-6-4-3-5-7-16/h3-9,15H,2,10-14H2,1H3,(H,21,22,24). The Morgan fingerprint density at radius 2 is 1.85 bits per heavy atom. The van der Waals surface area contributed by atoms with E-state index in [0.717, 1.165) is 61.7 Å². The first kappa shape index (κ1) is 17.9. The number of aromatic nitrogens is 3. The minimum absolute atomic E-state index is 0.813. The summed E-state index contributed by atoms with van der Waals surface area (Å²) in [5.41, 5.74) is 2.34. The maximum atomic E-state index is 4.81. The van der Waals surface area contributed by atoms with Crippen molar-refractivity contribution in [2.45, 2.75) is 13.5 Å². The van der Waals surface area contributed by atoms with Crippen molar-refractivity contribution in [3.05, 3.63) is 53.7 Å². The van der Waals surface area contributed by atoms with Crippen molar-refractivity contribution in [1.82, 2.24) is 19.9 Å². The number of anilines is 2. The smallest absolute Gasteiger partial charge is 0.227 e. The van der Waals surface area contributed by atoms with Crippen LogP contribution in [0.5, 0.6) is 0 Å². The fraction of sp³-hybridized carbons (Fsp3) is 0.350. The van der Waals surface area contributed by atoms with Crippen LogP contribution in [0.15, 0.2) is 48.0 Å². The molecule has 1 fully saturated rings. The molecule has 3 heterocycles. The fourth-order valence-electron chi connectivity index (χ4n) is 3.21. The average Bonchev–Trinajstić information content (AvgIpc) is 3.18. The topological polar surface area (TPSA) is 57.2 Å². The van der Waals surface area contributed by atoms with Crippen LogP contribution in [0.3, 0.4) is 0 Å². The molecule has 1 saturated heterocycles. The largest absolute Gasteiger partial charge is 0.370 e. The molecule has 0 radical (unpaired) electrons. The van der Waals surface area contributed by atoms with Crippen LogP contribution in [0, 0.1) is 0 Å². The molecule has 0 spiro atoms. The van der Waals surface area contributed by atoms with Crippen LogP contribution in [-0.4, -0.2) is 52.6 Å². The van der Waals surface area contributed by atoms with Crippen molar-refractivity contribution in [2.75, 3.05) is 42.9 Å². The lowest BCUT2D eigenvalue weighted by atomic mass is 10.2. The quantitative estimate of drug-likeness (QED) is 0.708. The van der Waals surface area contributed by atoms with E-state index in [1.54, 1.807) is 11.3 Å². The molecule has 3 aromatic rings. The predicted molar refractivity (Wildman–Crippen MR) is 111 cm³/mol. The molecule has 0 bridgehead atoms. The van der Waals surface area contributed by atoms with Gasteiger partial charge in [0.05, 0.1) is 5.69 Å². The maximum Gasteiger partial charge on any atom is 0.227 e. The second-order valence-electron chi connectivity index (χ2n) is 6.55. The SMILES string of the molecule is CCNc1ccnc(N2CCN(Cc3csc(-c4ccccc4)n3)CC2)n1. The van der Waals surface area contributed by atoms with E-state index >= 15 is 0 Å². The van der Waals surface area contributed by atoms with Crippen LogP contribution in [0.1, 0.15) is 12.6 Å². The van der Waals surface area contributed by atoms with Gasteiger partial charge in [-0.05, 0) is 13.0 Å². The van der Waals surface area contributed by atoms with Gasteiger partial charge in [0.2, 0.25) is 5.95 Å². The zero-order valence-corrected chi connectivity index (χ0v) is 16.3. The van der Waals surface area contributed by atoms with Crippen LogP contribution in [-0.2, 0) is 6.54 Å². The van der Waals surface area contributed by atoms with Gasteiger partial charge in [-0.15, -0.1) is 11.3 Å². The first-order valence-corrected chi connectivity index (χ1v) is 10.2. The fourth-order valence-corrected chi connectivity index (χ4v) is 4.03. The van der Waals surface area contributed by atoms with Crippen LogP contribution < -0.4 is 10.2 Å². The van der Waals surface area contributed by atoms with E-state index in [2.05, 4.69) is 61.7 Å². The molecular weight excluding hydrogens is 356 g/mol. The Morgan fingerprint density at radius 3 is 2.63 bits per heavy atom. The zero-order valence-electron chi connectivity index (χ0n) is 15.5. The molecule has 7 heteroatoms. The lowest BCUT2D eigenvalue weighted by Crippen LogP contribution is -2.46. The van der Waals surface area contributed by atoms with Gasteiger partial charge in [-0.3, -0.25) is 4.90 Å². The van der Waals surface area contributed by atoms with Crippen LogP contribution >= 0.6 is 11.3 Å². The molecule has 0 amide bonds. The normalized spacial score (nSPS) is 15.1. The van der Waals surface area contributed by atoms with Gasteiger partial charge >= 0.3 is 0 Å². The summed E-state index contributed by atoms with van der Waals surface area (Å²) in [5.74, 6) is 1.70. The minimum atomic E-state index is 0.813. The van der Waals surface area contributed by atoms with E-state index in [4.69, 9.17) is 4.98 Å². The van der Waals surface area contributed by atoms with Crippen LogP contribution in [0.2, 0.25) is 0 Å². The Morgan fingerprint density at radius 1 is 1.04 bits per heavy atom. The number of thiazole rings is 1. The van der Waals surface area contributed by atoms with Crippen molar-refractivity contribution in [3.8, 4) is 10.6 Å². The number of rotatable bonds is 6. The highest BCUT2D eigenvalue weighted by Gasteiger charge is 2.20. The second-order valence-corrected chi connectivity index (χ2v) is 7.40. The van der Waals surface area contributed by atoms with E-state index in [9.17, 15) is 0 Å². The first-order chi connectivity index (χ1) is 13.3. The van der Waals surface area contributed by atoms with E-state index in [1.807, 2.05) is 18.3 Å². The molecule has 27 heavy (non-hydrogen) atoms. The molecule has 1 N–H and O–H groups in total. The van der Waals surface area contributed by atoms with E-state index in [-0.39, 0.29) is 0 Å². The summed E-state index contributed by atoms with van der Waals surface area (Å²) < 4.78 is 0. The number of hydrogen-bond donors (Lipinski definition) is 1. The van der Waals surface area contributed by atoms with Gasteiger partial charge in [0.15, 0.2) is 0 Å². The Kier molecular flexibility index (Phi) is 5.60. The molecule has 0 saturated carbocycles. The highest BCUT2D eigenvalue weighted by Crippen LogP contribution is 2.24. The maximum absolute atomic E-state index is 4.81. The Hall–Kier alpha value is -2.51. The first-order valence-electron chi connectivity index (χ1n) is 9.36. The van der Waals surface area contributed by atoms with Crippen LogP contribution in [0.4, 0.5) is 11.8 Å². The Balaban J connectivity index is 1.33. The summed E-state index contributed by atoms with van der Waals surface area (Å²) in [6.07, 6.45) is 1.83. The van der Waals surface area contributed by atoms with Gasteiger partial charge in [0.1, 0.15) is 10.8 Å². The number of benzene rings is 1. The number of hydrogen-bond acceptors (Lipinski definition) is 7.